The summed E-state index contributed by atoms with van der Waals surface area (Å²) in [6, 6.07) is 1.62. The van der Waals surface area contributed by atoms with E-state index in [0.717, 1.165) is 0 Å². The number of halogens is 6. The van der Waals surface area contributed by atoms with E-state index in [1.54, 1.807) is 0 Å². The molecule has 0 saturated heterocycles. The third-order valence-corrected chi connectivity index (χ3v) is 1.91. The Morgan fingerprint density at radius 2 is 1.94 bits per heavy atom. The van der Waals surface area contributed by atoms with E-state index in [4.69, 9.17) is 16.9 Å². The van der Waals surface area contributed by atoms with Crippen LogP contribution in [-0.2, 0) is 6.18 Å². The molecule has 86 valence electrons. The second kappa shape index (κ2) is 4.22. The first-order valence-corrected chi connectivity index (χ1v) is 4.11. The van der Waals surface area contributed by atoms with Crippen molar-refractivity contribution in [1.29, 1.82) is 5.26 Å². The lowest BCUT2D eigenvalue weighted by Gasteiger charge is -2.10. The molecule has 1 heterocycles. The average molecular weight is 257 g/mol. The van der Waals surface area contributed by atoms with Gasteiger partial charge in [-0.15, -0.1) is 0 Å². The zero-order chi connectivity index (χ0) is 12.5. The molecule has 0 aliphatic heterocycles. The van der Waals surface area contributed by atoms with Crippen molar-refractivity contribution >= 4 is 11.6 Å². The fraction of sp³-hybridized carbons (Fsp3) is 0.250. The van der Waals surface area contributed by atoms with Gasteiger partial charge in [0.15, 0.2) is 0 Å². The summed E-state index contributed by atoms with van der Waals surface area (Å²) in [6.07, 6.45) is -8.18. The van der Waals surface area contributed by atoms with Crippen LogP contribution < -0.4 is 0 Å². The Bertz CT molecular complexity index is 449. The van der Waals surface area contributed by atoms with Crippen LogP contribution in [0.15, 0.2) is 6.07 Å². The van der Waals surface area contributed by atoms with Gasteiger partial charge in [0.1, 0.15) is 17.5 Å². The Labute approximate surface area is 91.3 Å². The third kappa shape index (κ3) is 2.39. The summed E-state index contributed by atoms with van der Waals surface area (Å²) < 4.78 is 61.2. The number of aromatic nitrogens is 1. The molecule has 0 N–H and O–H groups in total. The molecule has 0 saturated carbocycles. The van der Waals surface area contributed by atoms with E-state index in [9.17, 15) is 22.0 Å². The number of alkyl halides is 5. The summed E-state index contributed by atoms with van der Waals surface area (Å²) in [6.45, 7) is 0. The normalized spacial score (nSPS) is 11.6. The maximum absolute atomic E-state index is 12.3. The van der Waals surface area contributed by atoms with Gasteiger partial charge in [-0.05, 0) is 6.07 Å². The highest BCUT2D eigenvalue weighted by atomic mass is 35.5. The van der Waals surface area contributed by atoms with Crippen LogP contribution in [-0.4, -0.2) is 4.98 Å². The maximum atomic E-state index is 12.3. The van der Waals surface area contributed by atoms with Crippen LogP contribution in [0.4, 0.5) is 22.0 Å². The highest BCUT2D eigenvalue weighted by molar-refractivity contribution is 6.31. The minimum Gasteiger partial charge on any atom is -0.241 e. The van der Waals surface area contributed by atoms with Gasteiger partial charge >= 0.3 is 6.18 Å². The lowest BCUT2D eigenvalue weighted by Crippen LogP contribution is -2.11. The molecule has 0 fully saturated rings. The topological polar surface area (TPSA) is 36.7 Å². The van der Waals surface area contributed by atoms with Gasteiger partial charge in [-0.2, -0.15) is 18.4 Å². The minimum absolute atomic E-state index is 0.339. The summed E-state index contributed by atoms with van der Waals surface area (Å²) in [7, 11) is 0. The van der Waals surface area contributed by atoms with E-state index < -0.39 is 34.6 Å². The monoisotopic (exact) mass is 256 g/mol. The second-order valence-electron chi connectivity index (χ2n) is 2.66. The van der Waals surface area contributed by atoms with E-state index in [1.165, 1.54) is 6.07 Å². The van der Waals surface area contributed by atoms with Gasteiger partial charge in [0.2, 0.25) is 0 Å². The highest BCUT2D eigenvalue weighted by Crippen LogP contribution is 2.34. The molecule has 0 unspecified atom stereocenters. The van der Waals surface area contributed by atoms with Crippen LogP contribution >= 0.6 is 11.6 Å². The van der Waals surface area contributed by atoms with E-state index >= 15 is 0 Å². The minimum atomic E-state index is -4.89. The van der Waals surface area contributed by atoms with E-state index in [0.29, 0.717) is 6.07 Å². The number of pyridine rings is 1. The Balaban J connectivity index is 3.48. The molecule has 8 heteroatoms. The molecular formula is C8H2ClF5N2. The van der Waals surface area contributed by atoms with Crippen molar-refractivity contribution in [3.05, 3.63) is 28.0 Å². The van der Waals surface area contributed by atoms with Crippen LogP contribution in [0, 0.1) is 11.3 Å². The zero-order valence-corrected chi connectivity index (χ0v) is 8.07. The van der Waals surface area contributed by atoms with Crippen LogP contribution in [0.5, 0.6) is 0 Å². The Kier molecular flexibility index (Phi) is 3.33. The number of nitrogens with zero attached hydrogens (tertiary/aromatic N) is 2. The second-order valence-corrected chi connectivity index (χ2v) is 3.07. The standard InChI is InChI=1S/C8H2ClF5N2/c9-4-1-5(8(12,13)14)16-6(7(10)11)3(4)2-15/h1,7H. The summed E-state index contributed by atoms with van der Waals surface area (Å²) in [5, 5.41) is 7.76. The zero-order valence-electron chi connectivity index (χ0n) is 7.32. The molecule has 0 radical (unpaired) electrons. The molecule has 0 aliphatic carbocycles. The Hall–Kier alpha value is -1.42. The predicted molar refractivity (Wildman–Crippen MR) is 43.9 cm³/mol. The molecule has 0 bridgehead atoms. The Morgan fingerprint density at radius 1 is 1.38 bits per heavy atom. The van der Waals surface area contributed by atoms with Crippen LogP contribution in [0.1, 0.15) is 23.4 Å². The molecule has 1 rings (SSSR count). The number of hydrogen-bond donors (Lipinski definition) is 0. The summed E-state index contributed by atoms with van der Waals surface area (Å²) in [4.78, 5) is 2.69. The van der Waals surface area contributed by atoms with Gasteiger partial charge in [-0.25, -0.2) is 13.8 Å². The fourth-order valence-corrected chi connectivity index (χ4v) is 1.19. The van der Waals surface area contributed by atoms with Gasteiger partial charge in [0, 0.05) is 0 Å². The van der Waals surface area contributed by atoms with Crippen molar-refractivity contribution in [3.8, 4) is 6.07 Å². The van der Waals surface area contributed by atoms with Crippen molar-refractivity contribution in [2.75, 3.05) is 0 Å². The SMILES string of the molecule is N#Cc1c(Cl)cc(C(F)(F)F)nc1C(F)F. The molecular weight excluding hydrogens is 255 g/mol. The van der Waals surface area contributed by atoms with Gasteiger partial charge < -0.3 is 0 Å². The van der Waals surface area contributed by atoms with E-state index in [2.05, 4.69) is 4.98 Å². The lowest BCUT2D eigenvalue weighted by molar-refractivity contribution is -0.141. The van der Waals surface area contributed by atoms with E-state index in [1.807, 2.05) is 0 Å². The van der Waals surface area contributed by atoms with Crippen LogP contribution in [0.2, 0.25) is 5.02 Å². The van der Waals surface area contributed by atoms with Gasteiger partial charge in [0.25, 0.3) is 6.43 Å². The largest absolute Gasteiger partial charge is 0.433 e. The van der Waals surface area contributed by atoms with Crippen molar-refractivity contribution < 1.29 is 22.0 Å². The molecule has 0 aliphatic rings. The molecule has 1 aromatic heterocycles. The van der Waals surface area contributed by atoms with Crippen molar-refractivity contribution in [2.24, 2.45) is 0 Å². The average Bonchev–Trinajstić information content (AvgIpc) is 2.14. The first-order valence-electron chi connectivity index (χ1n) is 3.73. The lowest BCUT2D eigenvalue weighted by atomic mass is 10.2. The van der Waals surface area contributed by atoms with E-state index in [-0.39, 0.29) is 0 Å². The van der Waals surface area contributed by atoms with Crippen LogP contribution in [0.25, 0.3) is 0 Å². The highest BCUT2D eigenvalue weighted by Gasteiger charge is 2.35. The van der Waals surface area contributed by atoms with Crippen molar-refractivity contribution in [3.63, 3.8) is 0 Å². The summed E-state index contributed by atoms with van der Waals surface area (Å²) in [5.74, 6) is 0. The molecule has 0 spiro atoms. The maximum Gasteiger partial charge on any atom is 0.433 e. The number of nitriles is 1. The van der Waals surface area contributed by atoms with Gasteiger partial charge in [-0.1, -0.05) is 11.6 Å². The quantitative estimate of drug-likeness (QED) is 0.720. The van der Waals surface area contributed by atoms with Gasteiger partial charge in [0.05, 0.1) is 10.6 Å². The van der Waals surface area contributed by atoms with Crippen molar-refractivity contribution in [1.82, 2.24) is 4.98 Å². The molecule has 0 amide bonds. The summed E-state index contributed by atoms with van der Waals surface area (Å²) in [5.41, 5.74) is -3.56. The Morgan fingerprint density at radius 3 is 2.31 bits per heavy atom. The van der Waals surface area contributed by atoms with Crippen molar-refractivity contribution in [2.45, 2.75) is 12.6 Å². The molecule has 1 aromatic rings. The first kappa shape index (κ1) is 12.6. The molecule has 0 aromatic carbocycles. The third-order valence-electron chi connectivity index (χ3n) is 1.61. The number of rotatable bonds is 1. The molecule has 16 heavy (non-hydrogen) atoms. The smallest absolute Gasteiger partial charge is 0.241 e. The first-order chi connectivity index (χ1) is 7.27. The molecule has 2 nitrogen and oxygen atoms in total. The number of hydrogen-bond acceptors (Lipinski definition) is 2. The fourth-order valence-electron chi connectivity index (χ4n) is 0.946. The molecule has 0 atom stereocenters. The summed E-state index contributed by atoms with van der Waals surface area (Å²) >= 11 is 5.29. The van der Waals surface area contributed by atoms with Crippen LogP contribution in [0.3, 0.4) is 0 Å². The van der Waals surface area contributed by atoms with Gasteiger partial charge in [-0.3, -0.25) is 0 Å². The predicted octanol–water partition coefficient (Wildman–Crippen LogP) is 3.56.